The maximum absolute atomic E-state index is 12.3. The van der Waals surface area contributed by atoms with Gasteiger partial charge in [-0.05, 0) is 48.5 Å². The molecule has 0 unspecified atom stereocenters. The fourth-order valence-electron chi connectivity index (χ4n) is 2.52. The summed E-state index contributed by atoms with van der Waals surface area (Å²) in [6.07, 6.45) is 1.26. The first-order valence-corrected chi connectivity index (χ1v) is 9.19. The Labute approximate surface area is 181 Å². The molecule has 3 aromatic carbocycles. The minimum absolute atomic E-state index is 0.0359. The van der Waals surface area contributed by atoms with Gasteiger partial charge < -0.3 is 10.4 Å². The van der Waals surface area contributed by atoms with Crippen LogP contribution >= 0.6 is 11.6 Å². The lowest BCUT2D eigenvalue weighted by Gasteiger charge is -2.06. The van der Waals surface area contributed by atoms with E-state index in [1.807, 2.05) is 0 Å². The number of nitrogens with one attached hydrogen (secondary N) is 2. The molecule has 0 fully saturated rings. The molecule has 0 bridgehead atoms. The van der Waals surface area contributed by atoms with E-state index in [1.165, 1.54) is 72.9 Å². The second-order valence-corrected chi connectivity index (χ2v) is 6.68. The van der Waals surface area contributed by atoms with Gasteiger partial charge in [-0.25, -0.2) is 5.43 Å². The van der Waals surface area contributed by atoms with E-state index in [0.29, 0.717) is 16.3 Å². The van der Waals surface area contributed by atoms with Crippen molar-refractivity contribution in [2.24, 2.45) is 5.10 Å². The molecule has 0 aromatic heterocycles. The Kier molecular flexibility index (Phi) is 6.58. The van der Waals surface area contributed by atoms with Crippen molar-refractivity contribution < 1.29 is 19.6 Å². The lowest BCUT2D eigenvalue weighted by Crippen LogP contribution is -2.18. The lowest BCUT2D eigenvalue weighted by molar-refractivity contribution is -0.384. The van der Waals surface area contributed by atoms with Crippen molar-refractivity contribution in [1.29, 1.82) is 0 Å². The van der Waals surface area contributed by atoms with Crippen LogP contribution in [-0.2, 0) is 0 Å². The molecule has 156 valence electrons. The van der Waals surface area contributed by atoms with E-state index in [-0.39, 0.29) is 22.6 Å². The number of non-ortho nitro benzene ring substituents is 1. The second kappa shape index (κ2) is 9.51. The van der Waals surface area contributed by atoms with Crippen LogP contribution in [0, 0.1) is 10.1 Å². The summed E-state index contributed by atoms with van der Waals surface area (Å²) in [6, 6.07) is 15.7. The third-order valence-corrected chi connectivity index (χ3v) is 4.32. The number of amides is 2. The molecular formula is C21H15ClN4O5. The topological polar surface area (TPSA) is 134 Å². The molecule has 0 heterocycles. The first-order valence-electron chi connectivity index (χ1n) is 8.81. The Balaban J connectivity index is 1.61. The SMILES string of the molecule is O=C(N/N=C/c1cc(Cl)ccc1O)c1ccc(NC(=O)c2cccc([N+](=O)[O-])c2)cc1. The molecule has 0 spiro atoms. The number of nitro groups is 1. The van der Waals surface area contributed by atoms with Crippen LogP contribution in [0.4, 0.5) is 11.4 Å². The van der Waals surface area contributed by atoms with Gasteiger partial charge >= 0.3 is 0 Å². The number of rotatable bonds is 6. The van der Waals surface area contributed by atoms with Crippen LogP contribution in [0.3, 0.4) is 0 Å². The Bertz CT molecular complexity index is 1180. The highest BCUT2D eigenvalue weighted by Crippen LogP contribution is 2.19. The number of phenolic OH excluding ortho intramolecular Hbond substituents is 1. The predicted molar refractivity (Wildman–Crippen MR) is 116 cm³/mol. The maximum Gasteiger partial charge on any atom is 0.271 e. The van der Waals surface area contributed by atoms with Crippen molar-refractivity contribution in [1.82, 2.24) is 5.43 Å². The van der Waals surface area contributed by atoms with Crippen molar-refractivity contribution in [2.45, 2.75) is 0 Å². The average Bonchev–Trinajstić information content (AvgIpc) is 2.76. The van der Waals surface area contributed by atoms with Crippen LogP contribution in [0.25, 0.3) is 0 Å². The van der Waals surface area contributed by atoms with E-state index in [2.05, 4.69) is 15.8 Å². The summed E-state index contributed by atoms with van der Waals surface area (Å²) in [6.45, 7) is 0. The van der Waals surface area contributed by atoms with Gasteiger partial charge in [0.15, 0.2) is 0 Å². The maximum atomic E-state index is 12.3. The van der Waals surface area contributed by atoms with E-state index in [9.17, 15) is 24.8 Å². The predicted octanol–water partition coefficient (Wildman–Crippen LogP) is 3.97. The molecular weight excluding hydrogens is 424 g/mol. The Hall–Kier alpha value is -4.24. The van der Waals surface area contributed by atoms with Crippen molar-refractivity contribution in [2.75, 3.05) is 5.32 Å². The number of aromatic hydroxyl groups is 1. The number of phenols is 1. The third-order valence-electron chi connectivity index (χ3n) is 4.08. The number of anilines is 1. The largest absolute Gasteiger partial charge is 0.507 e. The molecule has 31 heavy (non-hydrogen) atoms. The molecule has 0 aliphatic rings. The van der Waals surface area contributed by atoms with Gasteiger partial charge in [-0.15, -0.1) is 0 Å². The van der Waals surface area contributed by atoms with Crippen LogP contribution in [0.5, 0.6) is 5.75 Å². The van der Waals surface area contributed by atoms with Crippen LogP contribution in [0.1, 0.15) is 26.3 Å². The highest BCUT2D eigenvalue weighted by Gasteiger charge is 2.12. The standard InChI is InChI=1S/C21H15ClN4O5/c22-16-6-9-19(27)15(10-16)12-23-25-21(29)13-4-7-17(8-5-13)24-20(28)14-2-1-3-18(11-14)26(30)31/h1-12,27H,(H,24,28)(H,25,29)/b23-12+. The minimum atomic E-state index is -0.583. The van der Waals surface area contributed by atoms with E-state index >= 15 is 0 Å². The first-order chi connectivity index (χ1) is 14.8. The quantitative estimate of drug-likeness (QED) is 0.304. The summed E-state index contributed by atoms with van der Waals surface area (Å²) < 4.78 is 0. The van der Waals surface area contributed by atoms with Crippen molar-refractivity contribution in [3.05, 3.63) is 98.6 Å². The van der Waals surface area contributed by atoms with Gasteiger partial charge in [0, 0.05) is 39.5 Å². The minimum Gasteiger partial charge on any atom is -0.507 e. The second-order valence-electron chi connectivity index (χ2n) is 6.24. The van der Waals surface area contributed by atoms with Crippen LogP contribution in [-0.4, -0.2) is 28.1 Å². The van der Waals surface area contributed by atoms with Gasteiger partial charge in [0.05, 0.1) is 11.1 Å². The first kappa shape index (κ1) is 21.5. The number of halogens is 1. The van der Waals surface area contributed by atoms with Gasteiger partial charge in [-0.1, -0.05) is 17.7 Å². The monoisotopic (exact) mass is 438 g/mol. The van der Waals surface area contributed by atoms with Crippen molar-refractivity contribution in [3.63, 3.8) is 0 Å². The summed E-state index contributed by atoms with van der Waals surface area (Å²) in [4.78, 5) is 34.7. The number of hydrogen-bond acceptors (Lipinski definition) is 6. The summed E-state index contributed by atoms with van der Waals surface area (Å²) >= 11 is 5.85. The number of nitrogens with zero attached hydrogens (tertiary/aromatic N) is 2. The highest BCUT2D eigenvalue weighted by molar-refractivity contribution is 6.30. The van der Waals surface area contributed by atoms with E-state index in [0.717, 1.165) is 0 Å². The Morgan fingerprint density at radius 3 is 2.45 bits per heavy atom. The molecule has 0 atom stereocenters. The van der Waals surface area contributed by atoms with Gasteiger partial charge in [-0.2, -0.15) is 5.10 Å². The van der Waals surface area contributed by atoms with Gasteiger partial charge in [0.1, 0.15) is 5.75 Å². The zero-order valence-electron chi connectivity index (χ0n) is 15.8. The smallest absolute Gasteiger partial charge is 0.271 e. The molecule has 0 saturated carbocycles. The van der Waals surface area contributed by atoms with Crippen LogP contribution < -0.4 is 10.7 Å². The fraction of sp³-hybridized carbons (Fsp3) is 0. The molecule has 9 nitrogen and oxygen atoms in total. The van der Waals surface area contributed by atoms with Crippen molar-refractivity contribution in [3.8, 4) is 5.75 Å². The third kappa shape index (κ3) is 5.64. The number of benzene rings is 3. The molecule has 0 aliphatic carbocycles. The Morgan fingerprint density at radius 1 is 1.00 bits per heavy atom. The van der Waals surface area contributed by atoms with Gasteiger partial charge in [-0.3, -0.25) is 19.7 Å². The summed E-state index contributed by atoms with van der Waals surface area (Å²) in [5.74, 6) is -1.06. The highest BCUT2D eigenvalue weighted by atomic mass is 35.5. The molecule has 10 heteroatoms. The molecule has 0 saturated heterocycles. The van der Waals surface area contributed by atoms with Gasteiger partial charge in [0.25, 0.3) is 17.5 Å². The van der Waals surface area contributed by atoms with E-state index in [1.54, 1.807) is 0 Å². The molecule has 2 amide bonds. The van der Waals surface area contributed by atoms with E-state index < -0.39 is 16.7 Å². The Morgan fingerprint density at radius 2 is 1.74 bits per heavy atom. The molecule has 0 aliphatic heterocycles. The fourth-order valence-corrected chi connectivity index (χ4v) is 2.70. The van der Waals surface area contributed by atoms with Gasteiger partial charge in [0.2, 0.25) is 0 Å². The zero-order chi connectivity index (χ0) is 22.4. The number of carbonyl (C=O) groups excluding carboxylic acids is 2. The molecule has 3 rings (SSSR count). The summed E-state index contributed by atoms with van der Waals surface area (Å²) in [7, 11) is 0. The van der Waals surface area contributed by atoms with Crippen LogP contribution in [0.15, 0.2) is 71.8 Å². The summed E-state index contributed by atoms with van der Waals surface area (Å²) in [5, 5.41) is 27.3. The molecule has 3 N–H and O–H groups in total. The number of nitro benzene ring substituents is 1. The van der Waals surface area contributed by atoms with Crippen LogP contribution in [0.2, 0.25) is 5.02 Å². The normalized spacial score (nSPS) is 10.6. The summed E-state index contributed by atoms with van der Waals surface area (Å²) in [5.41, 5.74) is 3.29. The number of hydrazone groups is 1. The average molecular weight is 439 g/mol. The zero-order valence-corrected chi connectivity index (χ0v) is 16.5. The number of carbonyl (C=O) groups is 2. The molecule has 0 radical (unpaired) electrons. The van der Waals surface area contributed by atoms with Crippen molar-refractivity contribution >= 4 is 41.0 Å². The number of hydrogen-bond donors (Lipinski definition) is 3. The lowest BCUT2D eigenvalue weighted by atomic mass is 10.1. The van der Waals surface area contributed by atoms with E-state index in [4.69, 9.17) is 11.6 Å². The molecule has 3 aromatic rings.